The summed E-state index contributed by atoms with van der Waals surface area (Å²) in [5, 5.41) is 0. The van der Waals surface area contributed by atoms with Gasteiger partial charge in [0.25, 0.3) is 0 Å². The topological polar surface area (TPSA) is 42.1 Å². The van der Waals surface area contributed by atoms with Gasteiger partial charge < -0.3 is 5.73 Å². The smallest absolute Gasteiger partial charge is 0.393 e. The second-order valence-electron chi connectivity index (χ2n) is 6.41. The highest BCUT2D eigenvalue weighted by molar-refractivity contribution is 7.80. The summed E-state index contributed by atoms with van der Waals surface area (Å²) in [6.45, 7) is 1.02. The Kier molecular flexibility index (Phi) is 3.96. The standard InChI is InChI=1S/C16H18F3N3S/c1-10-4-11(8-21-7-10)15(14(20)23)5-12-2-3-13(6-15)22(12)9-16(17,18)19/h2-4,7-8,12-13H,5-6,9H2,1H3,(H2,20,23). The number of fused-ring (bicyclic) bond motifs is 2. The normalized spacial score (nSPS) is 30.6. The summed E-state index contributed by atoms with van der Waals surface area (Å²) < 4.78 is 38.4. The maximum absolute atomic E-state index is 12.8. The Morgan fingerprint density at radius 2 is 1.96 bits per heavy atom. The molecule has 2 aliphatic heterocycles. The summed E-state index contributed by atoms with van der Waals surface area (Å²) >= 11 is 5.32. The fourth-order valence-corrected chi connectivity index (χ4v) is 4.01. The first kappa shape index (κ1) is 16.4. The molecule has 3 heterocycles. The SMILES string of the molecule is Cc1cncc(C2(C(N)=S)CC3C=CC(C2)N3CC(F)(F)F)c1. The maximum Gasteiger partial charge on any atom is 0.401 e. The van der Waals surface area contributed by atoms with Crippen LogP contribution in [0.1, 0.15) is 24.0 Å². The van der Waals surface area contributed by atoms with Gasteiger partial charge in [0.1, 0.15) is 0 Å². The molecule has 1 aromatic heterocycles. The van der Waals surface area contributed by atoms with E-state index in [9.17, 15) is 13.2 Å². The van der Waals surface area contributed by atoms with Crippen LogP contribution in [0.3, 0.4) is 0 Å². The maximum atomic E-state index is 12.8. The van der Waals surface area contributed by atoms with E-state index in [1.54, 1.807) is 12.4 Å². The van der Waals surface area contributed by atoms with E-state index >= 15 is 0 Å². The average Bonchev–Trinajstić information content (AvgIpc) is 2.69. The van der Waals surface area contributed by atoms with E-state index in [0.29, 0.717) is 17.8 Å². The molecule has 124 valence electrons. The number of rotatable bonds is 3. The minimum Gasteiger partial charge on any atom is -0.393 e. The van der Waals surface area contributed by atoms with Gasteiger partial charge in [0.15, 0.2) is 0 Å². The van der Waals surface area contributed by atoms with Crippen molar-refractivity contribution < 1.29 is 13.2 Å². The van der Waals surface area contributed by atoms with Crippen LogP contribution >= 0.6 is 12.2 Å². The molecular weight excluding hydrogens is 323 g/mol. The molecule has 0 amide bonds. The first-order chi connectivity index (χ1) is 10.7. The van der Waals surface area contributed by atoms with Crippen LogP contribution in [0.4, 0.5) is 13.2 Å². The van der Waals surface area contributed by atoms with E-state index in [4.69, 9.17) is 18.0 Å². The summed E-state index contributed by atoms with van der Waals surface area (Å²) in [6.07, 6.45) is 3.86. The van der Waals surface area contributed by atoms with Gasteiger partial charge in [0.05, 0.1) is 16.9 Å². The Balaban J connectivity index is 1.94. The minimum atomic E-state index is -4.21. The second kappa shape index (κ2) is 5.56. The van der Waals surface area contributed by atoms with Crippen molar-refractivity contribution in [1.29, 1.82) is 0 Å². The number of nitrogens with zero attached hydrogens (tertiary/aromatic N) is 2. The third-order valence-corrected chi connectivity index (χ3v) is 5.17. The van der Waals surface area contributed by atoms with Gasteiger partial charge in [0, 0.05) is 24.5 Å². The Morgan fingerprint density at radius 1 is 1.35 bits per heavy atom. The largest absolute Gasteiger partial charge is 0.401 e. The van der Waals surface area contributed by atoms with E-state index in [1.165, 1.54) is 4.90 Å². The number of aryl methyl sites for hydroxylation is 1. The van der Waals surface area contributed by atoms with Gasteiger partial charge in [-0.05, 0) is 30.9 Å². The van der Waals surface area contributed by atoms with Crippen molar-refractivity contribution in [2.45, 2.75) is 43.4 Å². The molecule has 0 aliphatic carbocycles. The number of nitrogens with two attached hydrogens (primary N) is 1. The van der Waals surface area contributed by atoms with Gasteiger partial charge in [-0.3, -0.25) is 9.88 Å². The molecule has 0 aromatic carbocycles. The number of aromatic nitrogens is 1. The molecule has 2 unspecified atom stereocenters. The average molecular weight is 341 g/mol. The van der Waals surface area contributed by atoms with Gasteiger partial charge in [0.2, 0.25) is 0 Å². The summed E-state index contributed by atoms with van der Waals surface area (Å²) in [5.74, 6) is 0. The first-order valence-electron chi connectivity index (χ1n) is 7.44. The van der Waals surface area contributed by atoms with Crippen LogP contribution in [0.15, 0.2) is 30.6 Å². The molecule has 0 radical (unpaired) electrons. The lowest BCUT2D eigenvalue weighted by Crippen LogP contribution is -2.56. The molecule has 3 rings (SSSR count). The number of alkyl halides is 3. The molecule has 1 fully saturated rings. The van der Waals surface area contributed by atoms with E-state index in [-0.39, 0.29) is 12.1 Å². The van der Waals surface area contributed by atoms with Crippen LogP contribution in [-0.4, -0.2) is 39.7 Å². The van der Waals surface area contributed by atoms with Crippen molar-refractivity contribution in [1.82, 2.24) is 9.88 Å². The number of halogens is 3. The van der Waals surface area contributed by atoms with Crippen molar-refractivity contribution in [3.63, 3.8) is 0 Å². The van der Waals surface area contributed by atoms with Crippen LogP contribution in [0.5, 0.6) is 0 Å². The Labute approximate surface area is 138 Å². The zero-order valence-corrected chi connectivity index (χ0v) is 13.5. The highest BCUT2D eigenvalue weighted by atomic mass is 32.1. The number of pyridine rings is 1. The van der Waals surface area contributed by atoms with Crippen molar-refractivity contribution >= 4 is 17.2 Å². The van der Waals surface area contributed by atoms with Crippen LogP contribution in [0.25, 0.3) is 0 Å². The molecule has 1 saturated heterocycles. The van der Waals surface area contributed by atoms with Gasteiger partial charge in [-0.1, -0.05) is 30.4 Å². The molecule has 1 aromatic rings. The molecule has 0 saturated carbocycles. The predicted molar refractivity (Wildman–Crippen MR) is 86.1 cm³/mol. The summed E-state index contributed by atoms with van der Waals surface area (Å²) in [5.41, 5.74) is 7.32. The predicted octanol–water partition coefficient (Wildman–Crippen LogP) is 2.88. The van der Waals surface area contributed by atoms with Gasteiger partial charge in [-0.15, -0.1) is 0 Å². The molecule has 3 nitrogen and oxygen atoms in total. The van der Waals surface area contributed by atoms with Gasteiger partial charge in [-0.25, -0.2) is 0 Å². The van der Waals surface area contributed by atoms with E-state index in [1.807, 2.05) is 25.1 Å². The fraction of sp³-hybridized carbons (Fsp3) is 0.500. The lowest BCUT2D eigenvalue weighted by molar-refractivity contribution is -0.154. The van der Waals surface area contributed by atoms with Crippen LogP contribution in [0.2, 0.25) is 0 Å². The highest BCUT2D eigenvalue weighted by Gasteiger charge is 2.51. The van der Waals surface area contributed by atoms with E-state index in [2.05, 4.69) is 4.98 Å². The van der Waals surface area contributed by atoms with Crippen molar-refractivity contribution in [3.05, 3.63) is 41.7 Å². The Hall–Kier alpha value is -1.47. The molecule has 2 bridgehead atoms. The molecule has 2 atom stereocenters. The highest BCUT2D eigenvalue weighted by Crippen LogP contribution is 2.45. The molecule has 7 heteroatoms. The van der Waals surface area contributed by atoms with E-state index < -0.39 is 18.1 Å². The van der Waals surface area contributed by atoms with Crippen LogP contribution < -0.4 is 5.73 Å². The monoisotopic (exact) mass is 341 g/mol. The summed E-state index contributed by atoms with van der Waals surface area (Å²) in [4.78, 5) is 6.02. The van der Waals surface area contributed by atoms with Crippen LogP contribution in [-0.2, 0) is 5.41 Å². The molecule has 23 heavy (non-hydrogen) atoms. The number of hydrogen-bond acceptors (Lipinski definition) is 3. The minimum absolute atomic E-state index is 0.308. The fourth-order valence-electron chi connectivity index (χ4n) is 3.73. The third-order valence-electron chi connectivity index (χ3n) is 4.78. The quantitative estimate of drug-likeness (QED) is 0.678. The third kappa shape index (κ3) is 2.99. The van der Waals surface area contributed by atoms with Crippen molar-refractivity contribution in [3.8, 4) is 0 Å². The zero-order chi connectivity index (χ0) is 16.8. The number of hydrogen-bond donors (Lipinski definition) is 1. The summed E-state index contributed by atoms with van der Waals surface area (Å²) in [6, 6.07) is 1.36. The van der Waals surface area contributed by atoms with E-state index in [0.717, 1.165) is 11.1 Å². The summed E-state index contributed by atoms with van der Waals surface area (Å²) in [7, 11) is 0. The lowest BCUT2D eigenvalue weighted by atomic mass is 9.69. The number of piperidine rings is 1. The van der Waals surface area contributed by atoms with Crippen molar-refractivity contribution in [2.24, 2.45) is 5.73 Å². The zero-order valence-electron chi connectivity index (χ0n) is 12.7. The molecule has 2 N–H and O–H groups in total. The van der Waals surface area contributed by atoms with Gasteiger partial charge >= 0.3 is 6.18 Å². The number of thiocarbonyl (C=S) groups is 1. The molecule has 2 aliphatic rings. The lowest BCUT2D eigenvalue weighted by Gasteiger charge is -2.46. The molecular formula is C16H18F3N3S. The first-order valence-corrected chi connectivity index (χ1v) is 7.85. The Morgan fingerprint density at radius 3 is 2.43 bits per heavy atom. The van der Waals surface area contributed by atoms with Gasteiger partial charge in [-0.2, -0.15) is 13.2 Å². The Bertz CT molecular complexity index is 640. The van der Waals surface area contributed by atoms with Crippen LogP contribution in [0, 0.1) is 6.92 Å². The molecule has 0 spiro atoms. The van der Waals surface area contributed by atoms with Crippen molar-refractivity contribution in [2.75, 3.05) is 6.54 Å². The second-order valence-corrected chi connectivity index (χ2v) is 6.85.